The van der Waals surface area contributed by atoms with Crippen LogP contribution in [0.1, 0.15) is 30.0 Å². The fourth-order valence-electron chi connectivity index (χ4n) is 3.70. The number of rotatable bonds is 4. The van der Waals surface area contributed by atoms with E-state index in [4.69, 9.17) is 0 Å². The van der Waals surface area contributed by atoms with E-state index in [0.29, 0.717) is 16.7 Å². The third kappa shape index (κ3) is 3.23. The smallest absolute Gasteiger partial charge is 0.326 e. The molecule has 152 valence electrons. The van der Waals surface area contributed by atoms with Gasteiger partial charge in [0.2, 0.25) is 0 Å². The summed E-state index contributed by atoms with van der Waals surface area (Å²) in [6.45, 7) is 5.22. The molecule has 30 heavy (non-hydrogen) atoms. The minimum Gasteiger partial charge on any atom is -0.480 e. The summed E-state index contributed by atoms with van der Waals surface area (Å²) < 4.78 is 3.82. The third-order valence-electron chi connectivity index (χ3n) is 5.22. The van der Waals surface area contributed by atoms with E-state index in [1.807, 2.05) is 37.3 Å². The Morgan fingerprint density at radius 3 is 2.67 bits per heavy atom. The van der Waals surface area contributed by atoms with Crippen LogP contribution in [-0.2, 0) is 4.79 Å². The third-order valence-corrected chi connectivity index (χ3v) is 5.72. The first-order chi connectivity index (χ1) is 14.3. The van der Waals surface area contributed by atoms with Crippen LogP contribution in [0.5, 0.6) is 0 Å². The molecule has 0 saturated carbocycles. The van der Waals surface area contributed by atoms with Gasteiger partial charge in [-0.2, -0.15) is 9.78 Å². The van der Waals surface area contributed by atoms with Crippen molar-refractivity contribution in [1.29, 1.82) is 0 Å². The summed E-state index contributed by atoms with van der Waals surface area (Å²) in [7, 11) is 0. The summed E-state index contributed by atoms with van der Waals surface area (Å²) in [5.41, 5.74) is 2.66. The molecular formula is C22H19BrN4O3. The van der Waals surface area contributed by atoms with Crippen LogP contribution in [0, 0.1) is 13.8 Å². The molecule has 0 amide bonds. The quantitative estimate of drug-likeness (QED) is 0.455. The molecule has 0 bridgehead atoms. The number of benzene rings is 2. The monoisotopic (exact) mass is 466 g/mol. The van der Waals surface area contributed by atoms with Gasteiger partial charge in [0, 0.05) is 26.6 Å². The average molecular weight is 467 g/mol. The highest BCUT2D eigenvalue weighted by molar-refractivity contribution is 9.10. The first kappa shape index (κ1) is 20.0. The highest BCUT2D eigenvalue weighted by atomic mass is 79.9. The molecule has 1 N–H and O–H groups in total. The van der Waals surface area contributed by atoms with E-state index < -0.39 is 12.0 Å². The number of para-hydroxylation sites is 1. The van der Waals surface area contributed by atoms with Crippen LogP contribution in [0.3, 0.4) is 0 Å². The van der Waals surface area contributed by atoms with E-state index in [1.54, 1.807) is 36.8 Å². The molecule has 4 rings (SSSR count). The Labute approximate surface area is 180 Å². The van der Waals surface area contributed by atoms with Crippen molar-refractivity contribution >= 4 is 49.9 Å². The molecule has 2 aromatic heterocycles. The Bertz CT molecular complexity index is 1400. The lowest BCUT2D eigenvalue weighted by atomic mass is 10.1. The van der Waals surface area contributed by atoms with Crippen molar-refractivity contribution in [1.82, 2.24) is 14.2 Å². The van der Waals surface area contributed by atoms with Crippen molar-refractivity contribution in [2.45, 2.75) is 26.8 Å². The second-order valence-corrected chi connectivity index (χ2v) is 8.00. The minimum absolute atomic E-state index is 0.268. The normalized spacial score (nSPS) is 12.8. The maximum absolute atomic E-state index is 13.0. The zero-order valence-corrected chi connectivity index (χ0v) is 18.2. The second kappa shape index (κ2) is 7.53. The number of aliphatic carboxylic acids is 1. The van der Waals surface area contributed by atoms with Crippen LogP contribution in [0.2, 0.25) is 0 Å². The summed E-state index contributed by atoms with van der Waals surface area (Å²) in [6, 6.07) is 12.2. The lowest BCUT2D eigenvalue weighted by Crippen LogP contribution is -2.20. The SMILES string of the molecule is Cc1nc2ccc(Br)cc2c(=O)n1N=Cc1c(C)n([C@H](C)C(=O)O)c2ccccc12. The molecule has 0 saturated heterocycles. The van der Waals surface area contributed by atoms with Crippen LogP contribution in [-0.4, -0.2) is 31.5 Å². The Kier molecular flexibility index (Phi) is 5.03. The molecule has 0 fully saturated rings. The van der Waals surface area contributed by atoms with Gasteiger partial charge in [0.1, 0.15) is 11.9 Å². The van der Waals surface area contributed by atoms with Crippen LogP contribution in [0.4, 0.5) is 0 Å². The van der Waals surface area contributed by atoms with E-state index in [2.05, 4.69) is 26.0 Å². The molecule has 2 heterocycles. The Morgan fingerprint density at radius 1 is 1.20 bits per heavy atom. The number of halogens is 1. The largest absolute Gasteiger partial charge is 0.480 e. The van der Waals surface area contributed by atoms with Gasteiger partial charge in [-0.1, -0.05) is 34.1 Å². The van der Waals surface area contributed by atoms with Gasteiger partial charge in [-0.3, -0.25) is 4.79 Å². The van der Waals surface area contributed by atoms with Crippen molar-refractivity contribution in [2.75, 3.05) is 0 Å². The molecule has 0 aliphatic carbocycles. The lowest BCUT2D eigenvalue weighted by Gasteiger charge is -2.13. The first-order valence-electron chi connectivity index (χ1n) is 9.35. The fourth-order valence-corrected chi connectivity index (χ4v) is 4.06. The molecule has 0 unspecified atom stereocenters. The Balaban J connectivity index is 1.91. The number of carboxylic acids is 1. The maximum atomic E-state index is 13.0. The van der Waals surface area contributed by atoms with Crippen LogP contribution >= 0.6 is 15.9 Å². The van der Waals surface area contributed by atoms with Crippen molar-refractivity contribution in [2.24, 2.45) is 5.10 Å². The number of aryl methyl sites for hydroxylation is 1. The standard InChI is InChI=1S/C22H19BrN4O3/c1-12-18(16-6-4-5-7-20(16)26(12)13(2)22(29)30)11-24-27-14(3)25-19-9-8-15(23)10-17(19)21(27)28/h4-11,13H,1-3H3,(H,29,30)/t13-/m1/s1. The van der Waals surface area contributed by atoms with Gasteiger partial charge in [0.25, 0.3) is 5.56 Å². The number of carbonyl (C=O) groups is 1. The number of hydrogen-bond donors (Lipinski definition) is 1. The van der Waals surface area contributed by atoms with Crippen molar-refractivity contribution in [3.63, 3.8) is 0 Å². The summed E-state index contributed by atoms with van der Waals surface area (Å²) >= 11 is 3.38. The van der Waals surface area contributed by atoms with Gasteiger partial charge < -0.3 is 9.67 Å². The zero-order valence-electron chi connectivity index (χ0n) is 16.6. The van der Waals surface area contributed by atoms with Crippen molar-refractivity contribution in [3.05, 3.63) is 74.4 Å². The first-order valence-corrected chi connectivity index (χ1v) is 10.1. The van der Waals surface area contributed by atoms with Gasteiger partial charge >= 0.3 is 5.97 Å². The van der Waals surface area contributed by atoms with Gasteiger partial charge in [0.15, 0.2) is 0 Å². The summed E-state index contributed by atoms with van der Waals surface area (Å²) in [6.07, 6.45) is 1.60. The lowest BCUT2D eigenvalue weighted by molar-refractivity contribution is -0.140. The zero-order chi connectivity index (χ0) is 21.6. The molecule has 0 radical (unpaired) electrons. The highest BCUT2D eigenvalue weighted by Gasteiger charge is 2.21. The number of hydrogen-bond acceptors (Lipinski definition) is 4. The van der Waals surface area contributed by atoms with E-state index in [9.17, 15) is 14.7 Å². The molecule has 4 aromatic rings. The summed E-state index contributed by atoms with van der Waals surface area (Å²) in [5.74, 6) is -0.454. The molecule has 8 heteroatoms. The molecular weight excluding hydrogens is 448 g/mol. The van der Waals surface area contributed by atoms with Crippen molar-refractivity contribution < 1.29 is 9.90 Å². The number of carboxylic acid groups (broad SMARTS) is 1. The van der Waals surface area contributed by atoms with E-state index in [-0.39, 0.29) is 5.56 Å². The molecule has 2 aromatic carbocycles. The van der Waals surface area contributed by atoms with Crippen LogP contribution in [0.25, 0.3) is 21.8 Å². The van der Waals surface area contributed by atoms with E-state index >= 15 is 0 Å². The molecule has 0 aliphatic rings. The summed E-state index contributed by atoms with van der Waals surface area (Å²) in [4.78, 5) is 29.1. The van der Waals surface area contributed by atoms with Gasteiger partial charge in [-0.25, -0.2) is 9.78 Å². The fraction of sp³-hybridized carbons (Fsp3) is 0.182. The van der Waals surface area contributed by atoms with E-state index in [1.165, 1.54) is 4.68 Å². The average Bonchev–Trinajstić information content (AvgIpc) is 2.99. The van der Waals surface area contributed by atoms with E-state index in [0.717, 1.165) is 26.6 Å². The molecule has 0 aliphatic heterocycles. The number of nitrogens with zero attached hydrogens (tertiary/aromatic N) is 4. The minimum atomic E-state index is -0.918. The predicted octanol–water partition coefficient (Wildman–Crippen LogP) is 4.26. The molecule has 7 nitrogen and oxygen atoms in total. The van der Waals surface area contributed by atoms with Crippen molar-refractivity contribution in [3.8, 4) is 0 Å². The van der Waals surface area contributed by atoms with Gasteiger partial charge in [-0.05, 0) is 45.0 Å². The van der Waals surface area contributed by atoms with Crippen LogP contribution in [0.15, 0.2) is 56.8 Å². The predicted molar refractivity (Wildman–Crippen MR) is 120 cm³/mol. The topological polar surface area (TPSA) is 89.5 Å². The molecule has 1 atom stereocenters. The molecule has 0 spiro atoms. The van der Waals surface area contributed by atoms with Gasteiger partial charge in [0.05, 0.1) is 17.1 Å². The van der Waals surface area contributed by atoms with Crippen LogP contribution < -0.4 is 5.56 Å². The number of aromatic nitrogens is 3. The Morgan fingerprint density at radius 2 is 1.93 bits per heavy atom. The van der Waals surface area contributed by atoms with Gasteiger partial charge in [-0.15, -0.1) is 0 Å². The Hall–Kier alpha value is -3.26. The highest BCUT2D eigenvalue weighted by Crippen LogP contribution is 2.28. The number of fused-ring (bicyclic) bond motifs is 2. The summed E-state index contributed by atoms with van der Waals surface area (Å²) in [5, 5.41) is 15.3. The second-order valence-electron chi connectivity index (χ2n) is 7.08. The maximum Gasteiger partial charge on any atom is 0.326 e.